The maximum Gasteiger partial charge on any atom is 0.0246 e. The second kappa shape index (κ2) is 3.97. The van der Waals surface area contributed by atoms with E-state index in [4.69, 9.17) is 5.73 Å². The van der Waals surface area contributed by atoms with Crippen molar-refractivity contribution in [2.45, 2.75) is 38.6 Å². The Labute approximate surface area is 81.5 Å². The first-order chi connectivity index (χ1) is 6.35. The molecule has 2 heteroatoms. The van der Waals surface area contributed by atoms with E-state index in [1.165, 1.54) is 38.8 Å². The van der Waals surface area contributed by atoms with Gasteiger partial charge in [0.25, 0.3) is 0 Å². The highest BCUT2D eigenvalue weighted by Crippen LogP contribution is 2.37. The fourth-order valence-electron chi connectivity index (χ4n) is 2.25. The van der Waals surface area contributed by atoms with Gasteiger partial charge >= 0.3 is 0 Å². The van der Waals surface area contributed by atoms with Gasteiger partial charge < -0.3 is 5.73 Å². The molecule has 2 saturated carbocycles. The lowest BCUT2D eigenvalue weighted by Crippen LogP contribution is -2.43. The van der Waals surface area contributed by atoms with E-state index in [1.807, 2.05) is 0 Å². The van der Waals surface area contributed by atoms with Gasteiger partial charge in [-0.15, -0.1) is 0 Å². The molecule has 2 rings (SSSR count). The van der Waals surface area contributed by atoms with E-state index in [1.54, 1.807) is 0 Å². The molecular weight excluding hydrogens is 160 g/mol. The van der Waals surface area contributed by atoms with Crippen LogP contribution in [-0.2, 0) is 0 Å². The molecule has 76 valence electrons. The van der Waals surface area contributed by atoms with Gasteiger partial charge in [-0.3, -0.25) is 4.90 Å². The van der Waals surface area contributed by atoms with Crippen molar-refractivity contribution in [3.8, 4) is 0 Å². The third-order valence-corrected chi connectivity index (χ3v) is 3.47. The molecule has 0 heterocycles. The van der Waals surface area contributed by atoms with Crippen LogP contribution in [0.1, 0.15) is 32.6 Å². The van der Waals surface area contributed by atoms with Crippen LogP contribution >= 0.6 is 0 Å². The predicted octanol–water partition coefficient (Wildman–Crippen LogP) is 1.46. The summed E-state index contributed by atoms with van der Waals surface area (Å²) in [6.45, 7) is 5.64. The van der Waals surface area contributed by atoms with Gasteiger partial charge in [-0.05, 0) is 44.1 Å². The van der Waals surface area contributed by atoms with Gasteiger partial charge in [0.2, 0.25) is 0 Å². The van der Waals surface area contributed by atoms with E-state index in [9.17, 15) is 0 Å². The molecule has 0 aromatic heterocycles. The number of hydrogen-bond acceptors (Lipinski definition) is 2. The topological polar surface area (TPSA) is 29.3 Å². The third kappa shape index (κ3) is 2.44. The molecule has 2 N–H and O–H groups in total. The van der Waals surface area contributed by atoms with Gasteiger partial charge in [-0.25, -0.2) is 0 Å². The zero-order valence-corrected chi connectivity index (χ0v) is 8.71. The van der Waals surface area contributed by atoms with Crippen molar-refractivity contribution in [1.29, 1.82) is 0 Å². The summed E-state index contributed by atoms with van der Waals surface area (Å²) in [6.07, 6.45) is 5.75. The Morgan fingerprint density at radius 2 is 2.00 bits per heavy atom. The van der Waals surface area contributed by atoms with Gasteiger partial charge in [-0.1, -0.05) is 6.92 Å². The molecule has 0 aliphatic heterocycles. The standard InChI is InChI=1S/C11H22N2/c1-2-13(8-9-3-4-9)11(7-12)10-5-6-10/h9-11H,2-8,12H2,1H3. The average Bonchev–Trinajstić information content (AvgIpc) is 2.98. The Bertz CT molecular complexity index is 161. The lowest BCUT2D eigenvalue weighted by atomic mass is 10.1. The second-order valence-electron chi connectivity index (χ2n) is 4.67. The van der Waals surface area contributed by atoms with Crippen LogP contribution in [0.15, 0.2) is 0 Å². The summed E-state index contributed by atoms with van der Waals surface area (Å²) < 4.78 is 0. The number of nitrogens with two attached hydrogens (primary N) is 1. The largest absolute Gasteiger partial charge is 0.329 e. The van der Waals surface area contributed by atoms with Gasteiger partial charge in [0.05, 0.1) is 0 Å². The second-order valence-corrected chi connectivity index (χ2v) is 4.67. The van der Waals surface area contributed by atoms with Crippen molar-refractivity contribution in [3.63, 3.8) is 0 Å². The van der Waals surface area contributed by atoms with Gasteiger partial charge in [0, 0.05) is 19.1 Å². The van der Waals surface area contributed by atoms with Crippen molar-refractivity contribution in [3.05, 3.63) is 0 Å². The van der Waals surface area contributed by atoms with Crippen LogP contribution in [-0.4, -0.2) is 30.6 Å². The Morgan fingerprint density at radius 3 is 2.38 bits per heavy atom. The van der Waals surface area contributed by atoms with E-state index in [0.29, 0.717) is 6.04 Å². The molecule has 13 heavy (non-hydrogen) atoms. The highest BCUT2D eigenvalue weighted by molar-refractivity contribution is 4.90. The van der Waals surface area contributed by atoms with Crippen molar-refractivity contribution >= 4 is 0 Å². The molecule has 0 radical (unpaired) electrons. The van der Waals surface area contributed by atoms with Crippen molar-refractivity contribution in [2.24, 2.45) is 17.6 Å². The molecule has 2 aliphatic carbocycles. The summed E-state index contributed by atoms with van der Waals surface area (Å²) in [7, 11) is 0. The van der Waals surface area contributed by atoms with Gasteiger partial charge in [-0.2, -0.15) is 0 Å². The Hall–Kier alpha value is -0.0800. The zero-order valence-electron chi connectivity index (χ0n) is 8.71. The lowest BCUT2D eigenvalue weighted by Gasteiger charge is -2.29. The molecule has 2 nitrogen and oxygen atoms in total. The van der Waals surface area contributed by atoms with E-state index in [2.05, 4.69) is 11.8 Å². The van der Waals surface area contributed by atoms with Crippen LogP contribution in [0.4, 0.5) is 0 Å². The van der Waals surface area contributed by atoms with E-state index in [0.717, 1.165) is 18.4 Å². The van der Waals surface area contributed by atoms with E-state index >= 15 is 0 Å². The molecular formula is C11H22N2. The first kappa shape index (κ1) is 9.47. The summed E-state index contributed by atoms with van der Waals surface area (Å²) in [6, 6.07) is 0.700. The summed E-state index contributed by atoms with van der Waals surface area (Å²) in [5.74, 6) is 1.94. The maximum atomic E-state index is 5.84. The van der Waals surface area contributed by atoms with Crippen LogP contribution < -0.4 is 5.73 Å². The molecule has 2 aliphatic rings. The first-order valence-corrected chi connectivity index (χ1v) is 5.79. The Balaban J connectivity index is 1.83. The number of nitrogens with zero attached hydrogens (tertiary/aromatic N) is 1. The van der Waals surface area contributed by atoms with Gasteiger partial charge in [0.1, 0.15) is 0 Å². The van der Waals surface area contributed by atoms with Crippen LogP contribution in [0.3, 0.4) is 0 Å². The van der Waals surface area contributed by atoms with Crippen LogP contribution in [0.2, 0.25) is 0 Å². The number of rotatable bonds is 6. The van der Waals surface area contributed by atoms with Crippen molar-refractivity contribution in [2.75, 3.05) is 19.6 Å². The van der Waals surface area contributed by atoms with Crippen molar-refractivity contribution in [1.82, 2.24) is 4.90 Å². The predicted molar refractivity (Wildman–Crippen MR) is 55.5 cm³/mol. The zero-order chi connectivity index (χ0) is 9.26. The minimum Gasteiger partial charge on any atom is -0.329 e. The third-order valence-electron chi connectivity index (χ3n) is 3.47. The normalized spacial score (nSPS) is 25.2. The molecule has 0 saturated heterocycles. The molecule has 2 fully saturated rings. The molecule has 0 aromatic rings. The Morgan fingerprint density at radius 1 is 1.31 bits per heavy atom. The molecule has 0 bridgehead atoms. The minimum absolute atomic E-state index is 0.700. The number of likely N-dealkylation sites (N-methyl/N-ethyl adjacent to an activating group) is 1. The van der Waals surface area contributed by atoms with Crippen molar-refractivity contribution < 1.29 is 0 Å². The molecule has 0 amide bonds. The molecule has 0 aromatic carbocycles. The van der Waals surface area contributed by atoms with E-state index < -0.39 is 0 Å². The number of hydrogen-bond donors (Lipinski definition) is 1. The molecule has 1 unspecified atom stereocenters. The summed E-state index contributed by atoms with van der Waals surface area (Å²) in [5, 5.41) is 0. The SMILES string of the molecule is CCN(CC1CC1)C(CN)C1CC1. The highest BCUT2D eigenvalue weighted by Gasteiger charge is 2.35. The van der Waals surface area contributed by atoms with E-state index in [-0.39, 0.29) is 0 Å². The fraction of sp³-hybridized carbons (Fsp3) is 1.00. The summed E-state index contributed by atoms with van der Waals surface area (Å²) in [4.78, 5) is 2.62. The van der Waals surface area contributed by atoms with Crippen LogP contribution in [0.25, 0.3) is 0 Å². The van der Waals surface area contributed by atoms with Crippen LogP contribution in [0.5, 0.6) is 0 Å². The summed E-state index contributed by atoms with van der Waals surface area (Å²) >= 11 is 0. The highest BCUT2D eigenvalue weighted by atomic mass is 15.2. The monoisotopic (exact) mass is 182 g/mol. The Kier molecular flexibility index (Phi) is 2.89. The smallest absolute Gasteiger partial charge is 0.0246 e. The lowest BCUT2D eigenvalue weighted by molar-refractivity contribution is 0.182. The van der Waals surface area contributed by atoms with Crippen LogP contribution in [0, 0.1) is 11.8 Å². The first-order valence-electron chi connectivity index (χ1n) is 5.79. The maximum absolute atomic E-state index is 5.84. The average molecular weight is 182 g/mol. The fourth-order valence-corrected chi connectivity index (χ4v) is 2.25. The molecule has 1 atom stereocenters. The minimum atomic E-state index is 0.700. The molecule has 0 spiro atoms. The summed E-state index contributed by atoms with van der Waals surface area (Å²) in [5.41, 5.74) is 5.84. The van der Waals surface area contributed by atoms with Gasteiger partial charge in [0.15, 0.2) is 0 Å². The quantitative estimate of drug-likeness (QED) is 0.674.